The van der Waals surface area contributed by atoms with E-state index in [2.05, 4.69) is 19.2 Å². The van der Waals surface area contributed by atoms with Gasteiger partial charge in [0.1, 0.15) is 41.4 Å². The maximum Gasteiger partial charge on any atom is 0.254 e. The number of rotatable bonds is 22. The molecule has 1 aliphatic heterocycles. The van der Waals surface area contributed by atoms with Crippen molar-refractivity contribution < 1.29 is 47.7 Å². The van der Waals surface area contributed by atoms with E-state index in [9.17, 15) is 24.0 Å². The highest BCUT2D eigenvalue weighted by atomic mass is 16.5. The standard InChI is InChI=1S/C52H69N5O10/c1-9-11-13-23-56(24-14-12-10-2)52(63)48-46-38-26-35(67-32-33-17-19-34(20-18-33)49(60)57-25-15-16-41(57)50(61)54(3)4)21-22-37(38)39(29-42(46)58)47(48)51(62)55(5)31-45(59)53-30-40-43(65-7)27-36(64-6)28-44(40)66-8/h17-22,26-28,39,41,46-48H,9-16,23-25,29-32H2,1-8H3,(H,53,59)/t39?,41-,46+,47+,48-/m0/s1. The van der Waals surface area contributed by atoms with Gasteiger partial charge >= 0.3 is 0 Å². The average Bonchev–Trinajstić information content (AvgIpc) is 3.83. The highest BCUT2D eigenvalue weighted by molar-refractivity contribution is 6.02. The van der Waals surface area contributed by atoms with Crippen LogP contribution in [-0.4, -0.2) is 130 Å². The van der Waals surface area contributed by atoms with Crippen molar-refractivity contribution in [2.24, 2.45) is 11.8 Å². The Kier molecular flexibility index (Phi) is 17.3. The van der Waals surface area contributed by atoms with Gasteiger partial charge in [0, 0.05) is 70.8 Å². The van der Waals surface area contributed by atoms with E-state index >= 15 is 4.79 Å². The molecule has 2 bridgehead atoms. The number of nitrogens with zero attached hydrogens (tertiary/aromatic N) is 4. The summed E-state index contributed by atoms with van der Waals surface area (Å²) in [4.78, 5) is 90.3. The van der Waals surface area contributed by atoms with Gasteiger partial charge in [0.25, 0.3) is 5.91 Å². The van der Waals surface area contributed by atoms with Gasteiger partial charge in [0.05, 0.1) is 57.7 Å². The Morgan fingerprint density at radius 1 is 0.746 bits per heavy atom. The largest absolute Gasteiger partial charge is 0.496 e. The second-order valence-electron chi connectivity index (χ2n) is 18.2. The third-order valence-corrected chi connectivity index (χ3v) is 13.6. The summed E-state index contributed by atoms with van der Waals surface area (Å²) < 4.78 is 22.8. The number of methoxy groups -OCH3 is 3. The molecule has 1 saturated carbocycles. The summed E-state index contributed by atoms with van der Waals surface area (Å²) in [5, 5.41) is 2.89. The SMILES string of the molecule is CCCCCN(CCCCC)C(=O)[C@@H]1[C@H](C(=O)N(C)CC(=O)NCc2c(OC)cc(OC)cc2OC)C2CC(=O)[C@H]1c1cc(OCc3ccc(C(=O)N4CCC[C@H]4C(=O)N(C)C)cc3)ccc12. The number of carbonyl (C=O) groups is 6. The maximum atomic E-state index is 15.1. The van der Waals surface area contributed by atoms with Crippen LogP contribution in [0.2, 0.25) is 0 Å². The van der Waals surface area contributed by atoms with Gasteiger partial charge in [0.15, 0.2) is 0 Å². The lowest BCUT2D eigenvalue weighted by Gasteiger charge is -2.49. The Morgan fingerprint density at radius 2 is 1.40 bits per heavy atom. The molecule has 0 spiro atoms. The van der Waals surface area contributed by atoms with Crippen molar-refractivity contribution in [3.8, 4) is 23.0 Å². The number of ketones is 1. The summed E-state index contributed by atoms with van der Waals surface area (Å²) in [6.45, 7) is 5.78. The predicted molar refractivity (Wildman–Crippen MR) is 253 cm³/mol. The van der Waals surface area contributed by atoms with E-state index in [1.54, 1.807) is 50.3 Å². The Bertz CT molecular complexity index is 2230. The first-order valence-corrected chi connectivity index (χ1v) is 23.8. The Labute approximate surface area is 395 Å². The van der Waals surface area contributed by atoms with E-state index in [-0.39, 0.29) is 55.5 Å². The lowest BCUT2D eigenvalue weighted by Crippen LogP contribution is -2.56. The topological polar surface area (TPSA) is 164 Å². The number of nitrogens with one attached hydrogen (secondary N) is 1. The molecule has 15 nitrogen and oxygen atoms in total. The van der Waals surface area contributed by atoms with Crippen LogP contribution in [0.25, 0.3) is 0 Å². The van der Waals surface area contributed by atoms with E-state index in [4.69, 9.17) is 18.9 Å². The molecule has 1 heterocycles. The van der Waals surface area contributed by atoms with E-state index in [0.717, 1.165) is 56.1 Å². The molecule has 1 N–H and O–H groups in total. The van der Waals surface area contributed by atoms with Crippen molar-refractivity contribution in [1.82, 2.24) is 24.9 Å². The van der Waals surface area contributed by atoms with E-state index < -0.39 is 35.6 Å². The van der Waals surface area contributed by atoms with Gasteiger partial charge in [-0.25, -0.2) is 0 Å². The molecule has 7 rings (SSSR count). The second-order valence-corrected chi connectivity index (χ2v) is 18.2. The fraction of sp³-hybridized carbons (Fsp3) is 0.538. The molecule has 3 aromatic rings. The zero-order valence-corrected chi connectivity index (χ0v) is 40.6. The zero-order valence-electron chi connectivity index (χ0n) is 40.6. The first kappa shape index (κ1) is 50.3. The van der Waals surface area contributed by atoms with Crippen molar-refractivity contribution in [2.75, 3.05) is 68.7 Å². The molecule has 5 amide bonds. The van der Waals surface area contributed by atoms with Crippen LogP contribution >= 0.6 is 0 Å². The summed E-state index contributed by atoms with van der Waals surface area (Å²) in [6.07, 6.45) is 6.98. The van der Waals surface area contributed by atoms with Crippen LogP contribution in [0.4, 0.5) is 0 Å². The molecular weight excluding hydrogens is 855 g/mol. The van der Waals surface area contributed by atoms with Crippen LogP contribution in [0, 0.1) is 11.8 Å². The fourth-order valence-electron chi connectivity index (χ4n) is 10.0. The number of hydrogen-bond donors (Lipinski definition) is 1. The molecule has 1 saturated heterocycles. The summed E-state index contributed by atoms with van der Waals surface area (Å²) in [5.74, 6) is -2.65. The molecule has 362 valence electrons. The first-order chi connectivity index (χ1) is 32.3. The second kappa shape index (κ2) is 23.1. The van der Waals surface area contributed by atoms with E-state index in [0.29, 0.717) is 65.7 Å². The average molecular weight is 924 g/mol. The molecule has 5 atom stereocenters. The monoisotopic (exact) mass is 924 g/mol. The smallest absolute Gasteiger partial charge is 0.254 e. The van der Waals surface area contributed by atoms with Gasteiger partial charge in [-0.15, -0.1) is 0 Å². The minimum atomic E-state index is -0.962. The van der Waals surface area contributed by atoms with Crippen molar-refractivity contribution in [1.29, 1.82) is 0 Å². The maximum absolute atomic E-state index is 15.1. The summed E-state index contributed by atoms with van der Waals surface area (Å²) >= 11 is 0. The number of hydrogen-bond acceptors (Lipinski definition) is 10. The normalized spacial score (nSPS) is 19.3. The van der Waals surface area contributed by atoms with Gasteiger partial charge < -0.3 is 43.9 Å². The molecule has 3 aliphatic carbocycles. The Hall–Kier alpha value is -6.12. The van der Waals surface area contributed by atoms with Gasteiger partial charge in [0.2, 0.25) is 23.6 Å². The summed E-state index contributed by atoms with van der Waals surface area (Å²) in [7, 11) is 9.53. The molecule has 67 heavy (non-hydrogen) atoms. The van der Waals surface area contributed by atoms with Crippen LogP contribution in [0.3, 0.4) is 0 Å². The Morgan fingerprint density at radius 3 is 2.00 bits per heavy atom. The molecule has 2 fully saturated rings. The van der Waals surface area contributed by atoms with Gasteiger partial charge in [-0.05, 0) is 66.6 Å². The van der Waals surface area contributed by atoms with Crippen LogP contribution in [-0.2, 0) is 37.1 Å². The predicted octanol–water partition coefficient (Wildman–Crippen LogP) is 6.35. The minimum absolute atomic E-state index is 0.0633. The molecule has 3 aromatic carbocycles. The fourth-order valence-corrected chi connectivity index (χ4v) is 10.0. The van der Waals surface area contributed by atoms with E-state index in [1.165, 1.54) is 31.1 Å². The lowest BCUT2D eigenvalue weighted by atomic mass is 9.55. The highest BCUT2D eigenvalue weighted by Gasteiger charge is 2.57. The first-order valence-electron chi connectivity index (χ1n) is 23.8. The lowest BCUT2D eigenvalue weighted by molar-refractivity contribution is -0.154. The zero-order chi connectivity index (χ0) is 48.4. The van der Waals surface area contributed by atoms with Crippen LogP contribution in [0.5, 0.6) is 23.0 Å². The number of carbonyl (C=O) groups excluding carboxylic acids is 6. The third-order valence-electron chi connectivity index (χ3n) is 13.6. The number of likely N-dealkylation sites (N-methyl/N-ethyl adjacent to an activating group) is 2. The van der Waals surface area contributed by atoms with Crippen molar-refractivity contribution in [3.63, 3.8) is 0 Å². The van der Waals surface area contributed by atoms with Crippen molar-refractivity contribution in [3.05, 3.63) is 82.4 Å². The van der Waals surface area contributed by atoms with Crippen molar-refractivity contribution in [2.45, 2.75) is 103 Å². The van der Waals surface area contributed by atoms with Crippen LogP contribution in [0.15, 0.2) is 54.6 Å². The molecule has 4 aliphatic rings. The third kappa shape index (κ3) is 11.4. The number of benzene rings is 3. The summed E-state index contributed by atoms with van der Waals surface area (Å²) in [5.41, 5.74) is 3.43. The molecular formula is C52H69N5O10. The molecule has 0 aromatic heterocycles. The molecule has 15 heteroatoms. The van der Waals surface area contributed by atoms with Gasteiger partial charge in [-0.3, -0.25) is 28.8 Å². The number of unbranched alkanes of at least 4 members (excludes halogenated alkanes) is 4. The quantitative estimate of drug-likeness (QED) is 0.112. The number of amides is 5. The van der Waals surface area contributed by atoms with Crippen molar-refractivity contribution >= 4 is 35.3 Å². The molecule has 0 radical (unpaired) electrons. The van der Waals surface area contributed by atoms with E-state index in [1.807, 2.05) is 35.2 Å². The summed E-state index contributed by atoms with van der Waals surface area (Å²) in [6, 6.07) is 15.7. The minimum Gasteiger partial charge on any atom is -0.496 e. The van der Waals surface area contributed by atoms with Crippen LogP contribution < -0.4 is 24.3 Å². The Balaban J connectivity index is 1.23. The number of ether oxygens (including phenoxy) is 4. The number of likely N-dealkylation sites (tertiary alicyclic amines) is 1. The van der Waals surface area contributed by atoms with Crippen LogP contribution in [0.1, 0.15) is 116 Å². The van der Waals surface area contributed by atoms with Gasteiger partial charge in [-0.1, -0.05) is 57.7 Å². The molecule has 1 unspecified atom stereocenters. The number of Topliss-reactive ketones (excluding diaryl/α,β-unsaturated/α-hetero) is 1. The number of fused-ring (bicyclic) bond motifs is 2. The highest BCUT2D eigenvalue weighted by Crippen LogP contribution is 2.56. The van der Waals surface area contributed by atoms with Gasteiger partial charge in [-0.2, -0.15) is 0 Å².